The van der Waals surface area contributed by atoms with E-state index < -0.39 is 5.69 Å². The smallest absolute Gasteiger partial charge is 0.328 e. The Balaban J connectivity index is 1.34. The molecule has 2 heterocycles. The largest absolute Gasteiger partial charge is 0.368 e. The zero-order valence-electron chi connectivity index (χ0n) is 17.1. The van der Waals surface area contributed by atoms with Gasteiger partial charge < -0.3 is 9.80 Å². The van der Waals surface area contributed by atoms with E-state index in [2.05, 4.69) is 28.9 Å². The molecule has 1 aliphatic rings. The zero-order chi connectivity index (χ0) is 21.1. The standard InChI is InChI=1S/C23H26N4O3/c1-17-7-2-4-9-19(17)25-13-15-26(16-14-25)21(28)11-6-12-27-20-10-5-3-8-18(20)22(29)24-23(27)30/h2-5,7-10H,6,11-16H2,1H3,(H,24,29,30). The summed E-state index contributed by atoms with van der Waals surface area (Å²) < 4.78 is 1.54. The number of nitrogens with zero attached hydrogens (tertiary/aromatic N) is 3. The van der Waals surface area contributed by atoms with Crippen LogP contribution in [0.5, 0.6) is 0 Å². The van der Waals surface area contributed by atoms with Crippen LogP contribution in [0.15, 0.2) is 58.1 Å². The van der Waals surface area contributed by atoms with Crippen molar-refractivity contribution in [2.75, 3.05) is 31.1 Å². The Kier molecular flexibility index (Phi) is 5.70. The second-order valence-corrected chi connectivity index (χ2v) is 7.69. The van der Waals surface area contributed by atoms with Crippen molar-refractivity contribution >= 4 is 22.5 Å². The Morgan fingerprint density at radius 1 is 0.967 bits per heavy atom. The van der Waals surface area contributed by atoms with Crippen LogP contribution in [0, 0.1) is 6.92 Å². The van der Waals surface area contributed by atoms with E-state index in [1.807, 2.05) is 17.0 Å². The molecule has 7 heteroatoms. The number of anilines is 1. The van der Waals surface area contributed by atoms with Crippen LogP contribution < -0.4 is 16.1 Å². The fraction of sp³-hybridized carbons (Fsp3) is 0.348. The van der Waals surface area contributed by atoms with Crippen LogP contribution in [0.25, 0.3) is 10.9 Å². The number of benzene rings is 2. The van der Waals surface area contributed by atoms with Crippen LogP contribution in [0.3, 0.4) is 0 Å². The lowest BCUT2D eigenvalue weighted by Gasteiger charge is -2.37. The molecule has 0 radical (unpaired) electrons. The Morgan fingerprint density at radius 2 is 1.67 bits per heavy atom. The highest BCUT2D eigenvalue weighted by atomic mass is 16.2. The Labute approximate surface area is 174 Å². The number of hydrogen-bond acceptors (Lipinski definition) is 4. The van der Waals surface area contributed by atoms with Crippen molar-refractivity contribution in [2.24, 2.45) is 0 Å². The van der Waals surface area contributed by atoms with Crippen LogP contribution in [0.2, 0.25) is 0 Å². The number of fused-ring (bicyclic) bond motifs is 1. The highest BCUT2D eigenvalue weighted by Gasteiger charge is 2.21. The maximum atomic E-state index is 12.7. The summed E-state index contributed by atoms with van der Waals surface area (Å²) in [7, 11) is 0. The van der Waals surface area contributed by atoms with Crippen molar-refractivity contribution in [1.82, 2.24) is 14.5 Å². The van der Waals surface area contributed by atoms with Crippen molar-refractivity contribution in [3.8, 4) is 0 Å². The van der Waals surface area contributed by atoms with Crippen LogP contribution in [0.4, 0.5) is 5.69 Å². The molecule has 1 N–H and O–H groups in total. The minimum atomic E-state index is -0.432. The monoisotopic (exact) mass is 406 g/mol. The summed E-state index contributed by atoms with van der Waals surface area (Å²) in [6.45, 7) is 5.55. The maximum Gasteiger partial charge on any atom is 0.328 e. The number of aromatic amines is 1. The number of aromatic nitrogens is 2. The van der Waals surface area contributed by atoms with Gasteiger partial charge in [0.25, 0.3) is 5.56 Å². The van der Waals surface area contributed by atoms with Crippen LogP contribution >= 0.6 is 0 Å². The molecular weight excluding hydrogens is 380 g/mol. The molecule has 1 aliphatic heterocycles. The molecule has 156 valence electrons. The number of para-hydroxylation sites is 2. The van der Waals surface area contributed by atoms with Gasteiger partial charge in [-0.1, -0.05) is 30.3 Å². The maximum absolute atomic E-state index is 12.7. The zero-order valence-corrected chi connectivity index (χ0v) is 17.1. The number of nitrogens with one attached hydrogen (secondary N) is 1. The van der Waals surface area contributed by atoms with E-state index in [4.69, 9.17) is 0 Å². The van der Waals surface area contributed by atoms with Crippen molar-refractivity contribution in [1.29, 1.82) is 0 Å². The summed E-state index contributed by atoms with van der Waals surface area (Å²) in [6.07, 6.45) is 0.928. The second-order valence-electron chi connectivity index (χ2n) is 7.69. The quantitative estimate of drug-likeness (QED) is 0.704. The molecule has 0 bridgehead atoms. The van der Waals surface area contributed by atoms with E-state index in [-0.39, 0.29) is 11.5 Å². The first-order chi connectivity index (χ1) is 14.5. The average molecular weight is 406 g/mol. The van der Waals surface area contributed by atoms with Gasteiger partial charge in [0, 0.05) is 44.8 Å². The molecule has 0 aliphatic carbocycles. The number of rotatable bonds is 5. The molecule has 1 fully saturated rings. The van der Waals surface area contributed by atoms with Crippen molar-refractivity contribution in [3.05, 3.63) is 74.9 Å². The van der Waals surface area contributed by atoms with Crippen LogP contribution in [0.1, 0.15) is 18.4 Å². The molecule has 1 aromatic heterocycles. The molecule has 2 aromatic carbocycles. The van der Waals surface area contributed by atoms with Gasteiger partial charge in [-0.25, -0.2) is 4.79 Å². The topological polar surface area (TPSA) is 78.4 Å². The molecule has 0 unspecified atom stereocenters. The number of carbonyl (C=O) groups excluding carboxylic acids is 1. The number of piperazine rings is 1. The van der Waals surface area contributed by atoms with E-state index in [1.54, 1.807) is 28.8 Å². The predicted octanol–water partition coefficient (Wildman–Crippen LogP) is 2.13. The van der Waals surface area contributed by atoms with Gasteiger partial charge in [0.15, 0.2) is 0 Å². The number of H-pyrrole nitrogens is 1. The first-order valence-electron chi connectivity index (χ1n) is 10.3. The van der Waals surface area contributed by atoms with Gasteiger partial charge in [-0.2, -0.15) is 0 Å². The molecular formula is C23H26N4O3. The van der Waals surface area contributed by atoms with Gasteiger partial charge in [0.2, 0.25) is 5.91 Å². The van der Waals surface area contributed by atoms with Crippen LogP contribution in [-0.4, -0.2) is 46.5 Å². The summed E-state index contributed by atoms with van der Waals surface area (Å²) in [4.78, 5) is 43.4. The minimum Gasteiger partial charge on any atom is -0.368 e. The molecule has 1 amide bonds. The predicted molar refractivity (Wildman–Crippen MR) is 118 cm³/mol. The number of amides is 1. The first-order valence-corrected chi connectivity index (χ1v) is 10.3. The van der Waals surface area contributed by atoms with Gasteiger partial charge in [0.05, 0.1) is 10.9 Å². The molecule has 0 atom stereocenters. The third-order valence-corrected chi connectivity index (χ3v) is 5.77. The van der Waals surface area contributed by atoms with Gasteiger partial charge >= 0.3 is 5.69 Å². The highest BCUT2D eigenvalue weighted by Crippen LogP contribution is 2.21. The number of hydrogen-bond donors (Lipinski definition) is 1. The van der Waals surface area contributed by atoms with Gasteiger partial charge in [0.1, 0.15) is 0 Å². The summed E-state index contributed by atoms with van der Waals surface area (Å²) in [5.74, 6) is 0.112. The molecule has 30 heavy (non-hydrogen) atoms. The summed E-state index contributed by atoms with van der Waals surface area (Å²) >= 11 is 0. The average Bonchev–Trinajstić information content (AvgIpc) is 2.76. The molecule has 0 spiro atoms. The van der Waals surface area contributed by atoms with Crippen molar-refractivity contribution in [2.45, 2.75) is 26.3 Å². The summed E-state index contributed by atoms with van der Waals surface area (Å²) in [5, 5.41) is 0.482. The van der Waals surface area contributed by atoms with E-state index in [0.29, 0.717) is 43.4 Å². The highest BCUT2D eigenvalue weighted by molar-refractivity contribution is 5.78. The fourth-order valence-electron chi connectivity index (χ4n) is 4.13. The molecule has 4 rings (SSSR count). The molecule has 1 saturated heterocycles. The van der Waals surface area contributed by atoms with E-state index in [9.17, 15) is 14.4 Å². The SMILES string of the molecule is Cc1ccccc1N1CCN(C(=O)CCCn2c(=O)[nH]c(=O)c3ccccc32)CC1. The lowest BCUT2D eigenvalue weighted by atomic mass is 10.1. The van der Waals surface area contributed by atoms with E-state index in [0.717, 1.165) is 13.1 Å². The third kappa shape index (κ3) is 4.01. The van der Waals surface area contributed by atoms with Crippen molar-refractivity contribution < 1.29 is 4.79 Å². The Bertz CT molecular complexity index is 1170. The molecule has 7 nitrogen and oxygen atoms in total. The molecule has 3 aromatic rings. The number of carbonyl (C=O) groups is 1. The lowest BCUT2D eigenvalue weighted by Crippen LogP contribution is -2.49. The second kappa shape index (κ2) is 8.57. The molecule has 0 saturated carbocycles. The lowest BCUT2D eigenvalue weighted by molar-refractivity contribution is -0.131. The first kappa shape index (κ1) is 19.9. The van der Waals surface area contributed by atoms with E-state index >= 15 is 0 Å². The Hall–Kier alpha value is -3.35. The van der Waals surface area contributed by atoms with E-state index in [1.165, 1.54) is 11.3 Å². The van der Waals surface area contributed by atoms with Crippen molar-refractivity contribution in [3.63, 3.8) is 0 Å². The number of aryl methyl sites for hydroxylation is 2. The van der Waals surface area contributed by atoms with Gasteiger partial charge in [-0.05, 0) is 37.1 Å². The summed E-state index contributed by atoms with van der Waals surface area (Å²) in [5.41, 5.74) is 2.27. The third-order valence-electron chi connectivity index (χ3n) is 5.77. The van der Waals surface area contributed by atoms with Crippen LogP contribution in [-0.2, 0) is 11.3 Å². The fourth-order valence-corrected chi connectivity index (χ4v) is 4.13. The normalized spacial score (nSPS) is 14.3. The van der Waals surface area contributed by atoms with Gasteiger partial charge in [-0.15, -0.1) is 0 Å². The summed E-state index contributed by atoms with van der Waals surface area (Å²) in [6, 6.07) is 15.3. The Morgan fingerprint density at radius 3 is 2.43 bits per heavy atom. The van der Waals surface area contributed by atoms with Gasteiger partial charge in [-0.3, -0.25) is 19.1 Å². The minimum absolute atomic E-state index is 0.112.